The second-order valence-electron chi connectivity index (χ2n) is 9.46. The van der Waals surface area contributed by atoms with Crippen molar-refractivity contribution in [1.82, 2.24) is 10.3 Å². The summed E-state index contributed by atoms with van der Waals surface area (Å²) in [5.74, 6) is 1.69. The molecule has 1 saturated carbocycles. The predicted molar refractivity (Wildman–Crippen MR) is 132 cm³/mol. The highest BCUT2D eigenvalue weighted by atomic mass is 16.5. The summed E-state index contributed by atoms with van der Waals surface area (Å²) in [5.41, 5.74) is 2.87. The molecule has 0 bridgehead atoms. The minimum absolute atomic E-state index is 0.00142. The Morgan fingerprint density at radius 3 is 2.80 bits per heavy atom. The molecule has 184 valence electrons. The molecule has 35 heavy (non-hydrogen) atoms. The van der Waals surface area contributed by atoms with Crippen LogP contribution in [0.3, 0.4) is 0 Å². The fraction of sp³-hybridized carbons (Fsp3) is 0.444. The molecule has 1 aliphatic carbocycles. The number of nitrogens with one attached hydrogen (secondary N) is 2. The van der Waals surface area contributed by atoms with Crippen molar-refractivity contribution in [2.75, 3.05) is 19.0 Å². The van der Waals surface area contributed by atoms with E-state index in [0.29, 0.717) is 42.1 Å². The number of aromatic nitrogens is 1. The number of amides is 2. The lowest BCUT2D eigenvalue weighted by atomic mass is 9.83. The van der Waals surface area contributed by atoms with E-state index in [1.807, 2.05) is 18.2 Å². The van der Waals surface area contributed by atoms with E-state index < -0.39 is 0 Å². The number of oxazole rings is 1. The molecule has 1 saturated heterocycles. The van der Waals surface area contributed by atoms with E-state index in [-0.39, 0.29) is 29.8 Å². The fourth-order valence-electron chi connectivity index (χ4n) is 5.14. The van der Waals surface area contributed by atoms with Crippen LogP contribution in [0, 0.1) is 5.92 Å². The summed E-state index contributed by atoms with van der Waals surface area (Å²) in [5, 5.41) is 5.82. The molecule has 2 atom stereocenters. The maximum atomic E-state index is 12.7. The number of piperidine rings is 1. The van der Waals surface area contributed by atoms with Crippen molar-refractivity contribution in [3.05, 3.63) is 47.9 Å². The van der Waals surface area contributed by atoms with Gasteiger partial charge in [0.2, 0.25) is 11.8 Å². The molecule has 0 spiro atoms. The van der Waals surface area contributed by atoms with Gasteiger partial charge in [0.1, 0.15) is 5.52 Å². The van der Waals surface area contributed by atoms with Gasteiger partial charge in [-0.05, 0) is 61.9 Å². The summed E-state index contributed by atoms with van der Waals surface area (Å²) in [4.78, 5) is 28.8. The van der Waals surface area contributed by atoms with Gasteiger partial charge in [-0.25, -0.2) is 4.98 Å². The fourth-order valence-corrected chi connectivity index (χ4v) is 5.14. The lowest BCUT2D eigenvalue weighted by molar-refractivity contribution is -0.127. The van der Waals surface area contributed by atoms with Crippen molar-refractivity contribution < 1.29 is 23.5 Å². The smallest absolute Gasteiger partial charge is 0.223 e. The number of carbonyl (C=O) groups is 2. The average Bonchev–Trinajstić information content (AvgIpc) is 3.50. The van der Waals surface area contributed by atoms with Crippen molar-refractivity contribution >= 4 is 28.6 Å². The van der Waals surface area contributed by atoms with Crippen LogP contribution in [0.1, 0.15) is 56.4 Å². The molecule has 2 heterocycles. The second kappa shape index (κ2) is 9.98. The van der Waals surface area contributed by atoms with Crippen molar-refractivity contribution in [1.29, 1.82) is 0 Å². The zero-order valence-corrected chi connectivity index (χ0v) is 20.1. The van der Waals surface area contributed by atoms with Gasteiger partial charge >= 0.3 is 0 Å². The van der Waals surface area contributed by atoms with E-state index in [9.17, 15) is 9.59 Å². The van der Waals surface area contributed by atoms with Gasteiger partial charge in [-0.1, -0.05) is 12.1 Å². The largest absolute Gasteiger partial charge is 0.493 e. The first kappa shape index (κ1) is 23.2. The highest BCUT2D eigenvalue weighted by molar-refractivity contribution is 5.97. The SMILES string of the molecule is COc1ccc([C@H]2CNC(=O)[C@H](Cc3nc4cccc(NC(C)=O)c4o3)C2)cc1OC1CCCC1. The molecular formula is C27H31N3O5. The van der Waals surface area contributed by atoms with Crippen molar-refractivity contribution in [3.8, 4) is 11.5 Å². The van der Waals surface area contributed by atoms with Gasteiger partial charge in [-0.15, -0.1) is 0 Å². The molecule has 8 nitrogen and oxygen atoms in total. The molecule has 0 unspecified atom stereocenters. The Morgan fingerprint density at radius 1 is 1.20 bits per heavy atom. The second-order valence-corrected chi connectivity index (χ2v) is 9.46. The highest BCUT2D eigenvalue weighted by Crippen LogP contribution is 2.37. The first-order valence-electron chi connectivity index (χ1n) is 12.3. The van der Waals surface area contributed by atoms with Crippen molar-refractivity contribution in [3.63, 3.8) is 0 Å². The molecule has 2 aliphatic rings. The van der Waals surface area contributed by atoms with Crippen LogP contribution >= 0.6 is 0 Å². The minimum Gasteiger partial charge on any atom is -0.493 e. The number of nitrogens with zero attached hydrogens (tertiary/aromatic N) is 1. The van der Waals surface area contributed by atoms with Crippen LogP contribution in [-0.2, 0) is 16.0 Å². The van der Waals surface area contributed by atoms with Gasteiger partial charge in [-0.2, -0.15) is 0 Å². The van der Waals surface area contributed by atoms with Crippen LogP contribution in [-0.4, -0.2) is 36.6 Å². The number of hydrogen-bond donors (Lipinski definition) is 2. The van der Waals surface area contributed by atoms with Gasteiger partial charge in [0.05, 0.1) is 18.9 Å². The summed E-state index contributed by atoms with van der Waals surface area (Å²) in [6.45, 7) is 2.02. The number of carbonyl (C=O) groups excluding carboxylic acids is 2. The van der Waals surface area contributed by atoms with Crippen LogP contribution in [0.5, 0.6) is 11.5 Å². The van der Waals surface area contributed by atoms with Gasteiger partial charge in [0, 0.05) is 31.7 Å². The number of rotatable bonds is 7. The van der Waals surface area contributed by atoms with E-state index in [2.05, 4.69) is 27.8 Å². The molecule has 3 aromatic rings. The van der Waals surface area contributed by atoms with E-state index >= 15 is 0 Å². The van der Waals surface area contributed by atoms with E-state index in [1.54, 1.807) is 13.2 Å². The molecule has 0 radical (unpaired) electrons. The molecule has 2 N–H and O–H groups in total. The Morgan fingerprint density at radius 2 is 2.03 bits per heavy atom. The first-order valence-corrected chi connectivity index (χ1v) is 12.3. The summed E-state index contributed by atoms with van der Waals surface area (Å²) in [6, 6.07) is 11.5. The third-order valence-corrected chi connectivity index (χ3v) is 6.91. The van der Waals surface area contributed by atoms with Crippen molar-refractivity contribution in [2.24, 2.45) is 5.92 Å². The van der Waals surface area contributed by atoms with Crippen molar-refractivity contribution in [2.45, 2.75) is 57.5 Å². The van der Waals surface area contributed by atoms with Gasteiger partial charge in [-0.3, -0.25) is 9.59 Å². The summed E-state index contributed by atoms with van der Waals surface area (Å²) in [6.07, 6.45) is 5.85. The number of fused-ring (bicyclic) bond motifs is 1. The summed E-state index contributed by atoms with van der Waals surface area (Å²) < 4.78 is 17.8. The van der Waals surface area contributed by atoms with E-state index in [1.165, 1.54) is 19.8 Å². The molecule has 1 aliphatic heterocycles. The first-order chi connectivity index (χ1) is 17.0. The molecule has 5 rings (SSSR count). The van der Waals surface area contributed by atoms with Crippen LogP contribution < -0.4 is 20.1 Å². The lowest BCUT2D eigenvalue weighted by Gasteiger charge is -2.29. The highest BCUT2D eigenvalue weighted by Gasteiger charge is 2.32. The van der Waals surface area contributed by atoms with E-state index in [0.717, 1.165) is 29.9 Å². The molecule has 8 heteroatoms. The molecule has 1 aromatic heterocycles. The Kier molecular flexibility index (Phi) is 6.61. The quantitative estimate of drug-likeness (QED) is 0.516. The number of hydrogen-bond acceptors (Lipinski definition) is 6. The maximum absolute atomic E-state index is 12.7. The normalized spacial score (nSPS) is 20.6. The Balaban J connectivity index is 1.33. The van der Waals surface area contributed by atoms with Gasteiger partial charge < -0.3 is 24.5 Å². The number of anilines is 1. The van der Waals surface area contributed by atoms with Crippen LogP contribution in [0.15, 0.2) is 40.8 Å². The Labute approximate surface area is 204 Å². The number of benzene rings is 2. The van der Waals surface area contributed by atoms with Crippen LogP contribution in [0.25, 0.3) is 11.1 Å². The average molecular weight is 478 g/mol. The third-order valence-electron chi connectivity index (χ3n) is 6.91. The number of para-hydroxylation sites is 1. The third kappa shape index (κ3) is 5.11. The van der Waals surface area contributed by atoms with Crippen LogP contribution in [0.4, 0.5) is 5.69 Å². The Bertz CT molecular complexity index is 1230. The maximum Gasteiger partial charge on any atom is 0.223 e. The van der Waals surface area contributed by atoms with Gasteiger partial charge in [0.25, 0.3) is 0 Å². The molecule has 2 aromatic carbocycles. The topological polar surface area (TPSA) is 103 Å². The minimum atomic E-state index is -0.271. The molecule has 2 amide bonds. The zero-order valence-electron chi connectivity index (χ0n) is 20.1. The monoisotopic (exact) mass is 477 g/mol. The zero-order chi connectivity index (χ0) is 24.4. The molecule has 2 fully saturated rings. The predicted octanol–water partition coefficient (Wildman–Crippen LogP) is 4.58. The number of ether oxygens (including phenoxy) is 2. The van der Waals surface area contributed by atoms with E-state index in [4.69, 9.17) is 13.9 Å². The molecular weight excluding hydrogens is 446 g/mol. The number of methoxy groups -OCH3 is 1. The summed E-state index contributed by atoms with van der Waals surface area (Å²) in [7, 11) is 1.66. The lowest BCUT2D eigenvalue weighted by Crippen LogP contribution is -2.41. The standard InChI is InChI=1S/C27H31N3O5/c1-16(31)29-21-8-5-9-22-26(21)35-25(30-22)14-18-12-19(15-28-27(18)32)17-10-11-23(33-2)24(13-17)34-20-6-3-4-7-20/h5,8-11,13,18-20H,3-4,6-7,12,14-15H2,1-2H3,(H,28,32)(H,29,31)/t18-,19+/m0/s1. The van der Waals surface area contributed by atoms with Crippen LogP contribution in [0.2, 0.25) is 0 Å². The summed E-state index contributed by atoms with van der Waals surface area (Å²) >= 11 is 0. The Hall–Kier alpha value is -3.55. The van der Waals surface area contributed by atoms with Gasteiger partial charge in [0.15, 0.2) is 23.0 Å².